The summed E-state index contributed by atoms with van der Waals surface area (Å²) in [5.41, 5.74) is 3.04. The molecule has 1 aromatic carbocycles. The number of thioether (sulfide) groups is 1. The predicted molar refractivity (Wildman–Crippen MR) is 110 cm³/mol. The van der Waals surface area contributed by atoms with Crippen LogP contribution in [-0.4, -0.2) is 35.3 Å². The van der Waals surface area contributed by atoms with E-state index < -0.39 is 0 Å². The van der Waals surface area contributed by atoms with Gasteiger partial charge in [-0.25, -0.2) is 9.97 Å². The van der Waals surface area contributed by atoms with Gasteiger partial charge in [-0.15, -0.1) is 11.8 Å². The zero-order chi connectivity index (χ0) is 18.5. The van der Waals surface area contributed by atoms with Gasteiger partial charge in [-0.2, -0.15) is 4.98 Å². The summed E-state index contributed by atoms with van der Waals surface area (Å²) in [5.74, 6) is 2.20. The third kappa shape index (κ3) is 4.43. The van der Waals surface area contributed by atoms with Gasteiger partial charge < -0.3 is 15.5 Å². The van der Waals surface area contributed by atoms with Crippen molar-refractivity contribution in [2.24, 2.45) is 0 Å². The Morgan fingerprint density at radius 1 is 0.962 bits per heavy atom. The molecule has 0 amide bonds. The van der Waals surface area contributed by atoms with Crippen molar-refractivity contribution < 1.29 is 0 Å². The number of nitrogens with one attached hydrogen (secondary N) is 2. The molecule has 0 aliphatic heterocycles. The summed E-state index contributed by atoms with van der Waals surface area (Å²) in [6.07, 6.45) is 5.60. The maximum Gasteiger partial charge on any atom is 0.229 e. The van der Waals surface area contributed by atoms with Crippen LogP contribution in [0.4, 0.5) is 29.0 Å². The van der Waals surface area contributed by atoms with Gasteiger partial charge in [0.1, 0.15) is 11.6 Å². The first kappa shape index (κ1) is 18.0. The molecule has 0 atom stereocenters. The summed E-state index contributed by atoms with van der Waals surface area (Å²) in [7, 11) is 3.92. The van der Waals surface area contributed by atoms with Crippen LogP contribution >= 0.6 is 11.8 Å². The lowest BCUT2D eigenvalue weighted by Crippen LogP contribution is -2.10. The molecule has 0 fully saturated rings. The number of hydrogen-bond acceptors (Lipinski definition) is 7. The molecule has 134 valence electrons. The van der Waals surface area contributed by atoms with Crippen LogP contribution in [0.2, 0.25) is 0 Å². The Hall–Kier alpha value is -2.80. The SMILES string of the molecule is CSc1cnc(Nc2ccc(N(C)C)nc2)nc1Nc1cccc(C)c1. The molecule has 0 radical (unpaired) electrons. The Morgan fingerprint density at radius 2 is 1.81 bits per heavy atom. The molecule has 0 unspecified atom stereocenters. The van der Waals surface area contributed by atoms with Crippen LogP contribution in [0.5, 0.6) is 0 Å². The number of aromatic nitrogens is 3. The van der Waals surface area contributed by atoms with E-state index in [9.17, 15) is 0 Å². The molecular formula is C19H22N6S. The number of rotatable bonds is 6. The Balaban J connectivity index is 1.82. The highest BCUT2D eigenvalue weighted by Gasteiger charge is 2.08. The van der Waals surface area contributed by atoms with Gasteiger partial charge in [0.25, 0.3) is 0 Å². The van der Waals surface area contributed by atoms with E-state index in [4.69, 9.17) is 0 Å². The number of anilines is 5. The first-order chi connectivity index (χ1) is 12.5. The van der Waals surface area contributed by atoms with Crippen molar-refractivity contribution in [3.63, 3.8) is 0 Å². The molecule has 0 bridgehead atoms. The van der Waals surface area contributed by atoms with E-state index >= 15 is 0 Å². The number of hydrogen-bond donors (Lipinski definition) is 2. The van der Waals surface area contributed by atoms with Crippen molar-refractivity contribution in [1.82, 2.24) is 15.0 Å². The fourth-order valence-electron chi connectivity index (χ4n) is 2.38. The van der Waals surface area contributed by atoms with Crippen molar-refractivity contribution in [3.8, 4) is 0 Å². The molecule has 0 spiro atoms. The Morgan fingerprint density at radius 3 is 2.46 bits per heavy atom. The van der Waals surface area contributed by atoms with E-state index in [0.717, 1.165) is 27.9 Å². The van der Waals surface area contributed by atoms with Gasteiger partial charge in [-0.3, -0.25) is 0 Å². The summed E-state index contributed by atoms with van der Waals surface area (Å²) in [6.45, 7) is 2.07. The van der Waals surface area contributed by atoms with Crippen LogP contribution < -0.4 is 15.5 Å². The normalized spacial score (nSPS) is 10.5. The quantitative estimate of drug-likeness (QED) is 0.625. The zero-order valence-electron chi connectivity index (χ0n) is 15.3. The monoisotopic (exact) mass is 366 g/mol. The van der Waals surface area contributed by atoms with Gasteiger partial charge in [0.05, 0.1) is 16.8 Å². The van der Waals surface area contributed by atoms with Crippen LogP contribution in [0.1, 0.15) is 5.56 Å². The number of pyridine rings is 1. The molecule has 0 saturated heterocycles. The molecular weight excluding hydrogens is 344 g/mol. The molecule has 3 rings (SSSR count). The lowest BCUT2D eigenvalue weighted by Gasteiger charge is -2.13. The Labute approximate surface area is 158 Å². The third-order valence-corrected chi connectivity index (χ3v) is 4.46. The predicted octanol–water partition coefficient (Wildman–Crippen LogP) is 4.46. The second kappa shape index (κ2) is 8.05. The highest BCUT2D eigenvalue weighted by Crippen LogP contribution is 2.27. The minimum Gasteiger partial charge on any atom is -0.363 e. The summed E-state index contributed by atoms with van der Waals surface area (Å²) in [4.78, 5) is 16.4. The highest BCUT2D eigenvalue weighted by molar-refractivity contribution is 7.98. The average molecular weight is 366 g/mol. The van der Waals surface area contributed by atoms with Gasteiger partial charge in [0, 0.05) is 26.0 Å². The van der Waals surface area contributed by atoms with E-state index in [0.29, 0.717) is 5.95 Å². The second-order valence-corrected chi connectivity index (χ2v) is 6.88. The maximum atomic E-state index is 4.63. The molecule has 2 heterocycles. The summed E-state index contributed by atoms with van der Waals surface area (Å²) < 4.78 is 0. The smallest absolute Gasteiger partial charge is 0.229 e. The molecule has 26 heavy (non-hydrogen) atoms. The fourth-order valence-corrected chi connectivity index (χ4v) is 2.83. The van der Waals surface area contributed by atoms with E-state index in [2.05, 4.69) is 44.6 Å². The van der Waals surface area contributed by atoms with Gasteiger partial charge >= 0.3 is 0 Å². The van der Waals surface area contributed by atoms with Crippen molar-refractivity contribution in [1.29, 1.82) is 0 Å². The van der Waals surface area contributed by atoms with Crippen LogP contribution in [0.3, 0.4) is 0 Å². The van der Waals surface area contributed by atoms with E-state index in [1.54, 1.807) is 18.0 Å². The Bertz CT molecular complexity index is 879. The summed E-state index contributed by atoms with van der Waals surface area (Å²) >= 11 is 1.61. The number of aryl methyl sites for hydroxylation is 1. The van der Waals surface area contributed by atoms with Crippen LogP contribution in [0.25, 0.3) is 0 Å². The standard InChI is InChI=1S/C19H22N6S/c1-13-6-5-7-14(10-13)22-18-16(26-4)12-21-19(24-18)23-15-8-9-17(20-11-15)25(2)3/h5-12H,1-4H3,(H2,21,22,23,24). The van der Waals surface area contributed by atoms with Crippen molar-refractivity contribution >= 4 is 40.7 Å². The van der Waals surface area contributed by atoms with Crippen LogP contribution in [0, 0.1) is 6.92 Å². The van der Waals surface area contributed by atoms with Gasteiger partial charge in [-0.05, 0) is 43.0 Å². The molecule has 6 nitrogen and oxygen atoms in total. The highest BCUT2D eigenvalue weighted by atomic mass is 32.2. The van der Waals surface area contributed by atoms with Crippen LogP contribution in [-0.2, 0) is 0 Å². The lowest BCUT2D eigenvalue weighted by molar-refractivity contribution is 1.06. The second-order valence-electron chi connectivity index (χ2n) is 6.03. The third-order valence-electron chi connectivity index (χ3n) is 3.72. The van der Waals surface area contributed by atoms with Crippen LogP contribution in [0.15, 0.2) is 53.7 Å². The first-order valence-electron chi connectivity index (χ1n) is 8.20. The zero-order valence-corrected chi connectivity index (χ0v) is 16.1. The molecule has 0 saturated carbocycles. The minimum atomic E-state index is 0.525. The van der Waals surface area contributed by atoms with Gasteiger partial charge in [0.2, 0.25) is 5.95 Å². The molecule has 7 heteroatoms. The minimum absolute atomic E-state index is 0.525. The van der Waals surface area contributed by atoms with Crippen molar-refractivity contribution in [3.05, 3.63) is 54.4 Å². The number of nitrogens with zero attached hydrogens (tertiary/aromatic N) is 4. The van der Waals surface area contributed by atoms with E-state index in [1.165, 1.54) is 5.56 Å². The summed E-state index contributed by atoms with van der Waals surface area (Å²) in [5, 5.41) is 6.59. The molecule has 3 aromatic rings. The van der Waals surface area contributed by atoms with Gasteiger partial charge in [0.15, 0.2) is 0 Å². The topological polar surface area (TPSA) is 66.0 Å². The average Bonchev–Trinajstić information content (AvgIpc) is 2.62. The molecule has 2 aromatic heterocycles. The first-order valence-corrected chi connectivity index (χ1v) is 9.43. The Kier molecular flexibility index (Phi) is 5.58. The largest absolute Gasteiger partial charge is 0.363 e. The van der Waals surface area contributed by atoms with E-state index in [1.807, 2.05) is 55.7 Å². The van der Waals surface area contributed by atoms with Crippen molar-refractivity contribution in [2.45, 2.75) is 11.8 Å². The lowest BCUT2D eigenvalue weighted by atomic mass is 10.2. The summed E-state index contributed by atoms with van der Waals surface area (Å²) in [6, 6.07) is 12.1. The molecule has 0 aliphatic rings. The molecule has 2 N–H and O–H groups in total. The molecule has 0 aliphatic carbocycles. The van der Waals surface area contributed by atoms with E-state index in [-0.39, 0.29) is 0 Å². The maximum absolute atomic E-state index is 4.63. The fraction of sp³-hybridized carbons (Fsp3) is 0.211. The van der Waals surface area contributed by atoms with Crippen molar-refractivity contribution in [2.75, 3.05) is 35.9 Å². The van der Waals surface area contributed by atoms with Gasteiger partial charge in [-0.1, -0.05) is 12.1 Å². The number of benzene rings is 1.